The van der Waals surface area contributed by atoms with Gasteiger partial charge in [0.05, 0.1) is 6.10 Å². The third-order valence-electron chi connectivity index (χ3n) is 4.40. The van der Waals surface area contributed by atoms with E-state index in [0.29, 0.717) is 5.75 Å². The summed E-state index contributed by atoms with van der Waals surface area (Å²) in [5, 5.41) is 24.6. The molecule has 0 saturated heterocycles. The monoisotopic (exact) mass is 420 g/mol. The highest BCUT2D eigenvalue weighted by Crippen LogP contribution is 2.14. The van der Waals surface area contributed by atoms with E-state index in [2.05, 4.69) is 34.9 Å². The molecular formula is C27H36N2O2. The van der Waals surface area contributed by atoms with Crippen LogP contribution in [0.2, 0.25) is 0 Å². The summed E-state index contributed by atoms with van der Waals surface area (Å²) in [6, 6.07) is 27.3. The first-order valence-corrected chi connectivity index (χ1v) is 10.6. The zero-order chi connectivity index (χ0) is 22.7. The smallest absolute Gasteiger partial charge is 0.118 e. The number of aliphatic hydroxyl groups is 1. The van der Waals surface area contributed by atoms with Crippen LogP contribution in [-0.2, 0) is 0 Å². The second-order valence-corrected chi connectivity index (χ2v) is 6.98. The summed E-state index contributed by atoms with van der Waals surface area (Å²) in [4.78, 5) is 0. The lowest BCUT2D eigenvalue weighted by Gasteiger charge is -2.09. The Kier molecular flexibility index (Phi) is 14.2. The Balaban J connectivity index is 0.000000237. The summed E-state index contributed by atoms with van der Waals surface area (Å²) in [7, 11) is 3.83. The van der Waals surface area contributed by atoms with Crippen molar-refractivity contribution in [3.8, 4) is 5.75 Å². The Morgan fingerprint density at radius 2 is 1.39 bits per heavy atom. The lowest BCUT2D eigenvalue weighted by atomic mass is 10.1. The lowest BCUT2D eigenvalue weighted by Crippen LogP contribution is -2.11. The molecule has 4 nitrogen and oxygen atoms in total. The Labute approximate surface area is 187 Å². The predicted molar refractivity (Wildman–Crippen MR) is 132 cm³/mol. The zero-order valence-electron chi connectivity index (χ0n) is 18.8. The molecule has 0 aliphatic carbocycles. The van der Waals surface area contributed by atoms with Gasteiger partial charge in [-0.15, -0.1) is 0 Å². The van der Waals surface area contributed by atoms with Crippen LogP contribution in [0.25, 0.3) is 6.08 Å². The SMILES string of the molecule is CNCC=Cc1ccccc1.CNCCC(O)c1ccccc1.Cc1ccccc1O. The number of phenols is 1. The van der Waals surface area contributed by atoms with Gasteiger partial charge in [-0.1, -0.05) is 91.0 Å². The number of phenolic OH excluding ortho intramolecular Hbond substituents is 1. The van der Waals surface area contributed by atoms with Crippen molar-refractivity contribution in [3.63, 3.8) is 0 Å². The minimum Gasteiger partial charge on any atom is -0.508 e. The molecule has 0 radical (unpaired) electrons. The minimum atomic E-state index is -0.335. The number of nitrogens with one attached hydrogen (secondary N) is 2. The van der Waals surface area contributed by atoms with Crippen molar-refractivity contribution in [2.45, 2.75) is 19.4 Å². The topological polar surface area (TPSA) is 64.5 Å². The first-order chi connectivity index (χ1) is 15.1. The molecule has 0 bridgehead atoms. The molecule has 0 heterocycles. The third-order valence-corrected chi connectivity index (χ3v) is 4.40. The fraction of sp³-hybridized carbons (Fsp3) is 0.259. The number of rotatable bonds is 7. The van der Waals surface area contributed by atoms with Crippen LogP contribution in [0.4, 0.5) is 0 Å². The molecule has 4 heteroatoms. The largest absolute Gasteiger partial charge is 0.508 e. The van der Waals surface area contributed by atoms with E-state index in [0.717, 1.165) is 30.6 Å². The Bertz CT molecular complexity index is 815. The van der Waals surface area contributed by atoms with Crippen molar-refractivity contribution >= 4 is 6.08 Å². The number of benzene rings is 3. The predicted octanol–water partition coefficient (Wildman–Crippen LogP) is 4.95. The van der Waals surface area contributed by atoms with Gasteiger partial charge in [0.2, 0.25) is 0 Å². The summed E-state index contributed by atoms with van der Waals surface area (Å²) in [6.45, 7) is 3.64. The van der Waals surface area contributed by atoms with Gasteiger partial charge in [0.1, 0.15) is 5.75 Å². The molecule has 166 valence electrons. The summed E-state index contributed by atoms with van der Waals surface area (Å²) in [5.41, 5.74) is 3.17. The van der Waals surface area contributed by atoms with E-state index < -0.39 is 0 Å². The summed E-state index contributed by atoms with van der Waals surface area (Å²) < 4.78 is 0. The van der Waals surface area contributed by atoms with Crippen LogP contribution in [-0.4, -0.2) is 37.4 Å². The van der Waals surface area contributed by atoms with Crippen LogP contribution in [0, 0.1) is 6.92 Å². The molecule has 3 aromatic rings. The third kappa shape index (κ3) is 12.4. The van der Waals surface area contributed by atoms with E-state index in [1.165, 1.54) is 5.56 Å². The molecule has 0 saturated carbocycles. The molecule has 3 rings (SSSR count). The highest BCUT2D eigenvalue weighted by molar-refractivity contribution is 5.48. The molecule has 4 N–H and O–H groups in total. The van der Waals surface area contributed by atoms with Crippen LogP contribution in [0.1, 0.15) is 29.2 Å². The molecule has 1 atom stereocenters. The number of para-hydroxylation sites is 1. The second kappa shape index (κ2) is 16.8. The molecule has 0 aliphatic rings. The van der Waals surface area contributed by atoms with E-state index in [1.807, 2.05) is 87.7 Å². The molecule has 3 aromatic carbocycles. The highest BCUT2D eigenvalue weighted by Gasteiger charge is 2.04. The van der Waals surface area contributed by atoms with Crippen molar-refractivity contribution < 1.29 is 10.2 Å². The average Bonchev–Trinajstić information content (AvgIpc) is 2.82. The van der Waals surface area contributed by atoms with Gasteiger partial charge in [-0.2, -0.15) is 0 Å². The average molecular weight is 421 g/mol. The van der Waals surface area contributed by atoms with Gasteiger partial charge in [-0.05, 0) is 56.7 Å². The Morgan fingerprint density at radius 1 is 0.806 bits per heavy atom. The lowest BCUT2D eigenvalue weighted by molar-refractivity contribution is 0.168. The highest BCUT2D eigenvalue weighted by atomic mass is 16.3. The number of likely N-dealkylation sites (N-methyl/N-ethyl adjacent to an activating group) is 1. The molecule has 0 fully saturated rings. The van der Waals surface area contributed by atoms with Gasteiger partial charge >= 0.3 is 0 Å². The standard InChI is InChI=1S/C10H15NO.C10H13N.C7H8O/c1-11-8-7-10(12)9-5-3-2-4-6-9;1-11-9-5-8-10-6-3-2-4-7-10;1-6-4-2-3-5-7(6)8/h2-6,10-12H,7-8H2,1H3;2-8,11H,9H2,1H3;2-5,8H,1H3. The maximum atomic E-state index is 9.61. The van der Waals surface area contributed by atoms with Gasteiger partial charge in [0.25, 0.3) is 0 Å². The van der Waals surface area contributed by atoms with Gasteiger partial charge in [-0.25, -0.2) is 0 Å². The van der Waals surface area contributed by atoms with Crippen LogP contribution in [0.3, 0.4) is 0 Å². The van der Waals surface area contributed by atoms with Gasteiger partial charge < -0.3 is 20.8 Å². The summed E-state index contributed by atoms with van der Waals surface area (Å²) >= 11 is 0. The fourth-order valence-electron chi connectivity index (χ4n) is 2.56. The van der Waals surface area contributed by atoms with Crippen molar-refractivity contribution in [2.24, 2.45) is 0 Å². The van der Waals surface area contributed by atoms with Gasteiger partial charge in [0, 0.05) is 6.54 Å². The number of aryl methyl sites for hydroxylation is 1. The van der Waals surface area contributed by atoms with Crippen molar-refractivity contribution in [1.29, 1.82) is 0 Å². The van der Waals surface area contributed by atoms with E-state index in [-0.39, 0.29) is 6.10 Å². The molecular weight excluding hydrogens is 384 g/mol. The second-order valence-electron chi connectivity index (χ2n) is 6.98. The van der Waals surface area contributed by atoms with Crippen LogP contribution in [0.15, 0.2) is 91.0 Å². The maximum Gasteiger partial charge on any atom is 0.118 e. The molecule has 0 aromatic heterocycles. The summed E-state index contributed by atoms with van der Waals surface area (Å²) in [6.07, 6.45) is 4.64. The van der Waals surface area contributed by atoms with E-state index in [9.17, 15) is 5.11 Å². The number of aromatic hydroxyl groups is 1. The zero-order valence-corrected chi connectivity index (χ0v) is 18.8. The minimum absolute atomic E-state index is 0.335. The Morgan fingerprint density at radius 3 is 1.90 bits per heavy atom. The Hall–Kier alpha value is -2.92. The number of hydrogen-bond acceptors (Lipinski definition) is 4. The van der Waals surface area contributed by atoms with E-state index in [1.54, 1.807) is 6.07 Å². The molecule has 0 spiro atoms. The molecule has 31 heavy (non-hydrogen) atoms. The first kappa shape index (κ1) is 26.1. The molecule has 1 unspecified atom stereocenters. The quantitative estimate of drug-likeness (QED) is 0.437. The fourth-order valence-corrected chi connectivity index (χ4v) is 2.56. The van der Waals surface area contributed by atoms with Crippen molar-refractivity contribution in [1.82, 2.24) is 10.6 Å². The summed E-state index contributed by atoms with van der Waals surface area (Å²) in [5.74, 6) is 0.368. The van der Waals surface area contributed by atoms with Crippen LogP contribution >= 0.6 is 0 Å². The van der Waals surface area contributed by atoms with Gasteiger partial charge in [-0.3, -0.25) is 0 Å². The first-order valence-electron chi connectivity index (χ1n) is 10.6. The van der Waals surface area contributed by atoms with Crippen LogP contribution < -0.4 is 10.6 Å². The van der Waals surface area contributed by atoms with E-state index >= 15 is 0 Å². The van der Waals surface area contributed by atoms with Crippen LogP contribution in [0.5, 0.6) is 5.75 Å². The molecule has 0 aliphatic heterocycles. The number of aliphatic hydroxyl groups excluding tert-OH is 1. The van der Waals surface area contributed by atoms with Crippen molar-refractivity contribution in [3.05, 3.63) is 108 Å². The normalized spacial score (nSPS) is 11.1. The molecule has 0 amide bonds. The van der Waals surface area contributed by atoms with Crippen molar-refractivity contribution in [2.75, 3.05) is 27.2 Å². The maximum absolute atomic E-state index is 9.61. The van der Waals surface area contributed by atoms with Gasteiger partial charge in [0.15, 0.2) is 0 Å². The van der Waals surface area contributed by atoms with E-state index in [4.69, 9.17) is 5.11 Å². The number of hydrogen-bond donors (Lipinski definition) is 4.